The number of pyridine rings is 1. The number of rotatable bonds is 2. The summed E-state index contributed by atoms with van der Waals surface area (Å²) in [7, 11) is 0. The lowest BCUT2D eigenvalue weighted by Gasteiger charge is -2.16. The van der Waals surface area contributed by atoms with Gasteiger partial charge in [0, 0.05) is 21.9 Å². The summed E-state index contributed by atoms with van der Waals surface area (Å²) in [5.74, 6) is -0.981. The van der Waals surface area contributed by atoms with Gasteiger partial charge in [0.15, 0.2) is 17.4 Å². The topological polar surface area (TPSA) is 59.4 Å². The lowest BCUT2D eigenvalue weighted by Crippen LogP contribution is -2.28. The number of aliphatic imine (C=N–C) groups is 1. The molecular weight excluding hydrogens is 332 g/mol. The molecule has 0 spiro atoms. The zero-order valence-electron chi connectivity index (χ0n) is 11.2. The van der Waals surface area contributed by atoms with Crippen LogP contribution in [0.15, 0.2) is 45.9 Å². The van der Waals surface area contributed by atoms with Crippen LogP contribution in [0.5, 0.6) is 0 Å². The molecule has 4 nitrogen and oxygen atoms in total. The molecule has 5 heteroatoms. The number of carbonyl (C=O) groups excluding carboxylic acids is 2. The van der Waals surface area contributed by atoms with Crippen molar-refractivity contribution in [2.24, 2.45) is 10.9 Å². The van der Waals surface area contributed by atoms with Crippen LogP contribution in [-0.2, 0) is 0 Å². The van der Waals surface area contributed by atoms with Gasteiger partial charge in [-0.15, -0.1) is 0 Å². The van der Waals surface area contributed by atoms with Gasteiger partial charge in [-0.2, -0.15) is 0 Å². The van der Waals surface area contributed by atoms with E-state index in [1.807, 2.05) is 6.92 Å². The number of aromatic nitrogens is 1. The molecule has 0 N–H and O–H groups in total. The summed E-state index contributed by atoms with van der Waals surface area (Å²) in [4.78, 5) is 33.3. The second-order valence-corrected chi connectivity index (χ2v) is 5.73. The minimum Gasteiger partial charge on any atom is -0.293 e. The van der Waals surface area contributed by atoms with Crippen molar-refractivity contribution in [1.82, 2.24) is 4.98 Å². The van der Waals surface area contributed by atoms with Gasteiger partial charge in [0.25, 0.3) is 0 Å². The minimum absolute atomic E-state index is 0.248. The largest absolute Gasteiger partial charge is 0.293 e. The summed E-state index contributed by atoms with van der Waals surface area (Å²) < 4.78 is 0.882. The molecule has 2 aromatic rings. The Hall–Kier alpha value is -2.14. The van der Waals surface area contributed by atoms with Gasteiger partial charge in [-0.05, 0) is 31.2 Å². The summed E-state index contributed by atoms with van der Waals surface area (Å²) in [6, 6.07) is 10.4. The molecule has 0 fully saturated rings. The quantitative estimate of drug-likeness (QED) is 0.619. The Kier molecular flexibility index (Phi) is 3.51. The molecular formula is C16H11BrN2O2. The van der Waals surface area contributed by atoms with E-state index in [9.17, 15) is 9.59 Å². The zero-order chi connectivity index (χ0) is 15.0. The van der Waals surface area contributed by atoms with Crippen LogP contribution in [0.4, 0.5) is 5.82 Å². The third-order valence-corrected chi connectivity index (χ3v) is 3.85. The Labute approximate surface area is 130 Å². The van der Waals surface area contributed by atoms with E-state index in [4.69, 9.17) is 0 Å². The first-order valence-electron chi connectivity index (χ1n) is 6.42. The summed E-state index contributed by atoms with van der Waals surface area (Å²) >= 11 is 3.32. The van der Waals surface area contributed by atoms with Crippen molar-refractivity contribution < 1.29 is 9.59 Å². The summed E-state index contributed by atoms with van der Waals surface area (Å²) in [6.45, 7) is 1.83. The van der Waals surface area contributed by atoms with Gasteiger partial charge in [0.2, 0.25) is 0 Å². The molecule has 0 saturated heterocycles. The Balaban J connectivity index is 1.95. The monoisotopic (exact) mass is 342 g/mol. The minimum atomic E-state index is -0.872. The molecule has 1 aromatic heterocycles. The highest BCUT2D eigenvalue weighted by Gasteiger charge is 2.31. The fourth-order valence-electron chi connectivity index (χ4n) is 2.19. The van der Waals surface area contributed by atoms with Gasteiger partial charge in [-0.3, -0.25) is 9.59 Å². The van der Waals surface area contributed by atoms with Gasteiger partial charge in [0.1, 0.15) is 5.92 Å². The summed E-state index contributed by atoms with van der Waals surface area (Å²) in [6.07, 6.45) is 1.39. The number of benzene rings is 1. The number of hydrogen-bond acceptors (Lipinski definition) is 4. The van der Waals surface area contributed by atoms with E-state index in [1.165, 1.54) is 6.21 Å². The maximum absolute atomic E-state index is 12.5. The highest BCUT2D eigenvalue weighted by molar-refractivity contribution is 9.10. The van der Waals surface area contributed by atoms with Crippen molar-refractivity contribution in [2.75, 3.05) is 0 Å². The third kappa shape index (κ3) is 2.56. The van der Waals surface area contributed by atoms with E-state index in [2.05, 4.69) is 25.9 Å². The van der Waals surface area contributed by atoms with Gasteiger partial charge in [-0.25, -0.2) is 9.98 Å². The predicted octanol–water partition coefficient (Wildman–Crippen LogP) is 3.55. The van der Waals surface area contributed by atoms with E-state index in [0.29, 0.717) is 16.9 Å². The van der Waals surface area contributed by atoms with Crippen molar-refractivity contribution in [1.29, 1.82) is 0 Å². The fraction of sp³-hybridized carbons (Fsp3) is 0.125. The number of hydrogen-bond donors (Lipinski definition) is 0. The molecule has 0 saturated carbocycles. The molecule has 0 amide bonds. The van der Waals surface area contributed by atoms with Crippen LogP contribution in [0, 0.1) is 12.8 Å². The number of aryl methyl sites for hydroxylation is 1. The smallest absolute Gasteiger partial charge is 0.182 e. The van der Waals surface area contributed by atoms with Crippen LogP contribution in [0.3, 0.4) is 0 Å². The predicted molar refractivity (Wildman–Crippen MR) is 83.4 cm³/mol. The van der Waals surface area contributed by atoms with Crippen LogP contribution in [-0.4, -0.2) is 22.8 Å². The standard InChI is InChI=1S/C16H11BrN2O2/c1-9-2-7-12-15(21)13(8-18-16(12)19-9)14(20)10-3-5-11(17)6-4-10/h2-8,13H,1H3. The van der Waals surface area contributed by atoms with Gasteiger partial charge < -0.3 is 0 Å². The Morgan fingerprint density at radius 3 is 2.57 bits per heavy atom. The number of Topliss-reactive ketones (excluding diaryl/α,β-unsaturated/α-hetero) is 2. The van der Waals surface area contributed by atoms with E-state index >= 15 is 0 Å². The first kappa shape index (κ1) is 13.8. The molecule has 0 bridgehead atoms. The Bertz CT molecular complexity index is 766. The molecule has 1 aliphatic heterocycles. The average molecular weight is 343 g/mol. The van der Waals surface area contributed by atoms with Crippen LogP contribution in [0.2, 0.25) is 0 Å². The Morgan fingerprint density at radius 1 is 1.14 bits per heavy atom. The molecule has 0 aliphatic carbocycles. The van der Waals surface area contributed by atoms with Gasteiger partial charge in [0.05, 0.1) is 5.56 Å². The molecule has 1 aromatic carbocycles. The molecule has 1 unspecified atom stereocenters. The molecule has 1 atom stereocenters. The fourth-order valence-corrected chi connectivity index (χ4v) is 2.46. The van der Waals surface area contributed by atoms with Crippen LogP contribution in [0.25, 0.3) is 0 Å². The number of carbonyl (C=O) groups is 2. The molecule has 1 aliphatic rings. The first-order valence-corrected chi connectivity index (χ1v) is 7.21. The van der Waals surface area contributed by atoms with E-state index in [-0.39, 0.29) is 11.6 Å². The van der Waals surface area contributed by atoms with E-state index in [1.54, 1.807) is 36.4 Å². The third-order valence-electron chi connectivity index (χ3n) is 3.32. The lowest BCUT2D eigenvalue weighted by molar-refractivity contribution is 0.0854. The zero-order valence-corrected chi connectivity index (χ0v) is 12.8. The van der Waals surface area contributed by atoms with Crippen molar-refractivity contribution in [2.45, 2.75) is 6.92 Å². The molecule has 2 heterocycles. The number of fused-ring (bicyclic) bond motifs is 1. The Morgan fingerprint density at radius 2 is 1.86 bits per heavy atom. The first-order chi connectivity index (χ1) is 10.1. The summed E-state index contributed by atoms with van der Waals surface area (Å²) in [5.41, 5.74) is 1.68. The second kappa shape index (κ2) is 5.33. The van der Waals surface area contributed by atoms with Crippen molar-refractivity contribution in [3.05, 3.63) is 57.7 Å². The number of nitrogens with zero attached hydrogens (tertiary/aromatic N) is 2. The SMILES string of the molecule is Cc1ccc2c(n1)N=CC(C(=O)c1ccc(Br)cc1)C2=O. The van der Waals surface area contributed by atoms with Crippen molar-refractivity contribution >= 4 is 39.5 Å². The maximum atomic E-state index is 12.5. The number of halogens is 1. The molecule has 3 rings (SSSR count). The lowest BCUT2D eigenvalue weighted by atomic mass is 9.89. The van der Waals surface area contributed by atoms with Gasteiger partial charge >= 0.3 is 0 Å². The maximum Gasteiger partial charge on any atom is 0.182 e. The van der Waals surface area contributed by atoms with E-state index < -0.39 is 5.92 Å². The van der Waals surface area contributed by atoms with Crippen LogP contribution < -0.4 is 0 Å². The molecule has 104 valence electrons. The van der Waals surface area contributed by atoms with Crippen molar-refractivity contribution in [3.63, 3.8) is 0 Å². The summed E-state index contributed by atoms with van der Waals surface area (Å²) in [5, 5.41) is 0. The second-order valence-electron chi connectivity index (χ2n) is 4.82. The van der Waals surface area contributed by atoms with E-state index in [0.717, 1.165) is 10.2 Å². The number of ketones is 2. The van der Waals surface area contributed by atoms with Gasteiger partial charge in [-0.1, -0.05) is 28.1 Å². The molecule has 0 radical (unpaired) electrons. The van der Waals surface area contributed by atoms with Crippen LogP contribution in [0.1, 0.15) is 26.4 Å². The average Bonchev–Trinajstić information content (AvgIpc) is 2.47. The van der Waals surface area contributed by atoms with Crippen LogP contribution >= 0.6 is 15.9 Å². The highest BCUT2D eigenvalue weighted by atomic mass is 79.9. The van der Waals surface area contributed by atoms with Crippen molar-refractivity contribution in [3.8, 4) is 0 Å². The molecule has 21 heavy (non-hydrogen) atoms. The highest BCUT2D eigenvalue weighted by Crippen LogP contribution is 2.26. The normalized spacial score (nSPS) is 16.7.